The van der Waals surface area contributed by atoms with Gasteiger partial charge in [0.25, 0.3) is 0 Å². The molecule has 0 saturated carbocycles. The molecule has 0 radical (unpaired) electrons. The summed E-state index contributed by atoms with van der Waals surface area (Å²) in [5, 5.41) is 6.93. The molecule has 1 aliphatic rings. The number of hydrogen-bond donors (Lipinski definition) is 1. The smallest absolute Gasteiger partial charge is 0.248 e. The second-order valence-corrected chi connectivity index (χ2v) is 6.39. The first-order chi connectivity index (χ1) is 8.90. The van der Waals surface area contributed by atoms with E-state index in [4.69, 9.17) is 0 Å². The lowest BCUT2D eigenvalue weighted by Crippen LogP contribution is -2.54. The summed E-state index contributed by atoms with van der Waals surface area (Å²) in [5.41, 5.74) is 0.433. The highest BCUT2D eigenvalue weighted by atomic mass is 32.1. The van der Waals surface area contributed by atoms with Crippen molar-refractivity contribution in [3.63, 3.8) is 0 Å². The van der Waals surface area contributed by atoms with Crippen LogP contribution in [0, 0.1) is 0 Å². The molecular formula is C14H20N2O2S. The summed E-state index contributed by atoms with van der Waals surface area (Å²) in [7, 11) is 0. The molecule has 1 atom stereocenters. The number of carbonyl (C=O) groups excluding carboxylic acids is 2. The highest BCUT2D eigenvalue weighted by Gasteiger charge is 2.38. The first-order valence-electron chi connectivity index (χ1n) is 6.53. The third-order valence-corrected chi connectivity index (χ3v) is 4.20. The van der Waals surface area contributed by atoms with Crippen LogP contribution >= 0.6 is 11.3 Å². The minimum atomic E-state index is -0.809. The van der Waals surface area contributed by atoms with Crippen molar-refractivity contribution in [2.24, 2.45) is 0 Å². The first-order valence-corrected chi connectivity index (χ1v) is 7.47. The van der Waals surface area contributed by atoms with Crippen molar-refractivity contribution in [1.29, 1.82) is 0 Å². The SMILES string of the molecule is CC(Cc1ccsc1)N1CCC(=O)NC(C)(C)C1=O. The van der Waals surface area contributed by atoms with Gasteiger partial charge in [-0.25, -0.2) is 0 Å². The Morgan fingerprint density at radius 2 is 2.21 bits per heavy atom. The molecule has 2 heterocycles. The van der Waals surface area contributed by atoms with Gasteiger partial charge < -0.3 is 10.2 Å². The van der Waals surface area contributed by atoms with Crippen LogP contribution in [-0.2, 0) is 16.0 Å². The Morgan fingerprint density at radius 1 is 1.47 bits per heavy atom. The summed E-state index contributed by atoms with van der Waals surface area (Å²) in [6.07, 6.45) is 1.21. The van der Waals surface area contributed by atoms with E-state index in [9.17, 15) is 9.59 Å². The molecule has 0 aliphatic carbocycles. The average Bonchev–Trinajstić information content (AvgIpc) is 2.77. The molecule has 0 aromatic carbocycles. The predicted octanol–water partition coefficient (Wildman–Crippen LogP) is 1.81. The highest BCUT2D eigenvalue weighted by molar-refractivity contribution is 7.07. The van der Waals surface area contributed by atoms with E-state index in [2.05, 4.69) is 16.8 Å². The summed E-state index contributed by atoms with van der Waals surface area (Å²) >= 11 is 1.66. The second kappa shape index (κ2) is 5.33. The number of rotatable bonds is 3. The van der Waals surface area contributed by atoms with Gasteiger partial charge in [0.2, 0.25) is 11.8 Å². The molecule has 0 spiro atoms. The van der Waals surface area contributed by atoms with Crippen LogP contribution in [0.2, 0.25) is 0 Å². The Kier molecular flexibility index (Phi) is 3.94. The summed E-state index contributed by atoms with van der Waals surface area (Å²) in [5.74, 6) is -0.0512. The number of amides is 2. The van der Waals surface area contributed by atoms with E-state index in [0.717, 1.165) is 6.42 Å². The molecule has 5 heteroatoms. The van der Waals surface area contributed by atoms with Crippen LogP contribution in [0.25, 0.3) is 0 Å². The van der Waals surface area contributed by atoms with Gasteiger partial charge in [-0.15, -0.1) is 0 Å². The quantitative estimate of drug-likeness (QED) is 0.918. The molecule has 1 aliphatic heterocycles. The van der Waals surface area contributed by atoms with Crippen LogP contribution in [0.5, 0.6) is 0 Å². The van der Waals surface area contributed by atoms with Crippen molar-refractivity contribution in [3.05, 3.63) is 22.4 Å². The normalized spacial score (nSPS) is 20.9. The molecule has 19 heavy (non-hydrogen) atoms. The van der Waals surface area contributed by atoms with Gasteiger partial charge >= 0.3 is 0 Å². The molecule has 0 bridgehead atoms. The van der Waals surface area contributed by atoms with E-state index < -0.39 is 5.54 Å². The summed E-state index contributed by atoms with van der Waals surface area (Å²) in [6, 6.07) is 2.19. The van der Waals surface area contributed by atoms with Crippen molar-refractivity contribution in [3.8, 4) is 0 Å². The lowest BCUT2D eigenvalue weighted by molar-refractivity contribution is -0.139. The van der Waals surface area contributed by atoms with Gasteiger partial charge in [-0.05, 0) is 49.6 Å². The molecule has 1 aromatic heterocycles. The van der Waals surface area contributed by atoms with E-state index >= 15 is 0 Å². The molecule has 4 nitrogen and oxygen atoms in total. The fraction of sp³-hybridized carbons (Fsp3) is 0.571. The fourth-order valence-electron chi connectivity index (χ4n) is 2.43. The second-order valence-electron chi connectivity index (χ2n) is 5.61. The molecule has 2 amide bonds. The van der Waals surface area contributed by atoms with Gasteiger partial charge in [0, 0.05) is 19.0 Å². The van der Waals surface area contributed by atoms with Crippen molar-refractivity contribution in [2.45, 2.75) is 45.2 Å². The summed E-state index contributed by atoms with van der Waals surface area (Å²) in [6.45, 7) is 6.08. The maximum absolute atomic E-state index is 12.5. The van der Waals surface area contributed by atoms with Crippen molar-refractivity contribution < 1.29 is 9.59 Å². The standard InChI is InChI=1S/C14H20N2O2S/c1-10(8-11-5-7-19-9-11)16-6-4-12(17)15-14(2,3)13(16)18/h5,7,9-10H,4,6,8H2,1-3H3,(H,15,17). The van der Waals surface area contributed by atoms with E-state index in [1.165, 1.54) is 5.56 Å². The number of hydrogen-bond acceptors (Lipinski definition) is 3. The maximum atomic E-state index is 12.5. The molecule has 1 unspecified atom stereocenters. The number of thiophene rings is 1. The summed E-state index contributed by atoms with van der Waals surface area (Å²) in [4.78, 5) is 26.0. The van der Waals surface area contributed by atoms with E-state index in [-0.39, 0.29) is 17.9 Å². The average molecular weight is 280 g/mol. The molecule has 1 aromatic rings. The van der Waals surface area contributed by atoms with Gasteiger partial charge in [-0.3, -0.25) is 9.59 Å². The third-order valence-electron chi connectivity index (χ3n) is 3.47. The highest BCUT2D eigenvalue weighted by Crippen LogP contribution is 2.19. The lowest BCUT2D eigenvalue weighted by Gasteiger charge is -2.33. The fourth-order valence-corrected chi connectivity index (χ4v) is 3.11. The zero-order valence-electron chi connectivity index (χ0n) is 11.6. The van der Waals surface area contributed by atoms with E-state index in [1.807, 2.05) is 17.2 Å². The Hall–Kier alpha value is -1.36. The number of nitrogens with one attached hydrogen (secondary N) is 1. The van der Waals surface area contributed by atoms with Crippen LogP contribution in [0.3, 0.4) is 0 Å². The Labute approximate surface area is 117 Å². The van der Waals surface area contributed by atoms with Gasteiger partial charge in [0.15, 0.2) is 0 Å². The van der Waals surface area contributed by atoms with Crippen molar-refractivity contribution >= 4 is 23.2 Å². The first kappa shape index (κ1) is 14.1. The summed E-state index contributed by atoms with van der Waals surface area (Å²) < 4.78 is 0. The van der Waals surface area contributed by atoms with E-state index in [1.54, 1.807) is 25.2 Å². The Balaban J connectivity index is 2.13. The van der Waals surface area contributed by atoms with Gasteiger partial charge in [-0.2, -0.15) is 11.3 Å². The topological polar surface area (TPSA) is 49.4 Å². The monoisotopic (exact) mass is 280 g/mol. The lowest BCUT2D eigenvalue weighted by atomic mass is 10.0. The largest absolute Gasteiger partial charge is 0.342 e. The zero-order valence-corrected chi connectivity index (χ0v) is 12.4. The third kappa shape index (κ3) is 3.15. The molecule has 1 N–H and O–H groups in total. The molecule has 1 saturated heterocycles. The van der Waals surface area contributed by atoms with Crippen molar-refractivity contribution in [1.82, 2.24) is 10.2 Å². The van der Waals surface area contributed by atoms with Crippen LogP contribution in [0.15, 0.2) is 16.8 Å². The number of nitrogens with zero attached hydrogens (tertiary/aromatic N) is 1. The number of carbonyl (C=O) groups is 2. The minimum Gasteiger partial charge on any atom is -0.342 e. The van der Waals surface area contributed by atoms with Gasteiger partial charge in [0.05, 0.1) is 0 Å². The van der Waals surface area contributed by atoms with Crippen LogP contribution < -0.4 is 5.32 Å². The van der Waals surface area contributed by atoms with Crippen LogP contribution in [0.4, 0.5) is 0 Å². The predicted molar refractivity (Wildman–Crippen MR) is 76.0 cm³/mol. The molecule has 2 rings (SSSR count). The van der Waals surface area contributed by atoms with E-state index in [0.29, 0.717) is 13.0 Å². The van der Waals surface area contributed by atoms with Crippen LogP contribution in [-0.4, -0.2) is 34.8 Å². The Morgan fingerprint density at radius 3 is 2.84 bits per heavy atom. The Bertz CT molecular complexity index is 468. The van der Waals surface area contributed by atoms with Gasteiger partial charge in [0.1, 0.15) is 5.54 Å². The maximum Gasteiger partial charge on any atom is 0.248 e. The molecule has 1 fully saturated rings. The minimum absolute atomic E-state index is 0.001000. The zero-order chi connectivity index (χ0) is 14.0. The van der Waals surface area contributed by atoms with Crippen molar-refractivity contribution in [2.75, 3.05) is 6.54 Å². The molecule has 104 valence electrons. The van der Waals surface area contributed by atoms with Crippen LogP contribution in [0.1, 0.15) is 32.8 Å². The van der Waals surface area contributed by atoms with Gasteiger partial charge in [-0.1, -0.05) is 0 Å². The molecular weight excluding hydrogens is 260 g/mol.